The van der Waals surface area contributed by atoms with Crippen molar-refractivity contribution in [2.75, 3.05) is 6.54 Å². The number of rotatable bonds is 1. The maximum Gasteiger partial charge on any atom is 0.254 e. The van der Waals surface area contributed by atoms with Crippen molar-refractivity contribution in [1.29, 1.82) is 5.26 Å². The van der Waals surface area contributed by atoms with E-state index in [1.807, 2.05) is 35.2 Å². The fraction of sp³-hybridized carbons (Fsp3) is 0.348. The summed E-state index contributed by atoms with van der Waals surface area (Å²) < 4.78 is 0. The molecule has 1 aliphatic heterocycles. The smallest absolute Gasteiger partial charge is 0.254 e. The quantitative estimate of drug-likeness (QED) is 0.708. The van der Waals surface area contributed by atoms with Crippen molar-refractivity contribution in [2.24, 2.45) is 5.92 Å². The van der Waals surface area contributed by atoms with Gasteiger partial charge >= 0.3 is 0 Å². The fourth-order valence-corrected chi connectivity index (χ4v) is 5.21. The summed E-state index contributed by atoms with van der Waals surface area (Å²) in [4.78, 5) is 22.8. The summed E-state index contributed by atoms with van der Waals surface area (Å²) in [7, 11) is 0. The van der Waals surface area contributed by atoms with Crippen LogP contribution in [0.4, 0.5) is 0 Å². The molecule has 0 radical (unpaired) electrons. The first kappa shape index (κ1) is 17.0. The Morgan fingerprint density at radius 1 is 1.32 bits per heavy atom. The van der Waals surface area contributed by atoms with Gasteiger partial charge in [0.1, 0.15) is 0 Å². The average Bonchev–Trinajstić information content (AvgIpc) is 3.17. The zero-order valence-electron chi connectivity index (χ0n) is 16.1. The van der Waals surface area contributed by atoms with Crippen molar-refractivity contribution < 1.29 is 4.79 Å². The number of aromatic nitrogens is 2. The highest BCUT2D eigenvalue weighted by Crippen LogP contribution is 2.49. The van der Waals surface area contributed by atoms with Crippen molar-refractivity contribution in [3.8, 4) is 6.07 Å². The number of imidazole rings is 1. The van der Waals surface area contributed by atoms with Gasteiger partial charge in [0, 0.05) is 18.2 Å². The van der Waals surface area contributed by atoms with Crippen LogP contribution in [0, 0.1) is 17.2 Å². The Kier molecular flexibility index (Phi) is 3.60. The number of aromatic amines is 1. The molecule has 1 N–H and O–H groups in total. The van der Waals surface area contributed by atoms with E-state index in [1.54, 1.807) is 6.33 Å². The Labute approximate surface area is 164 Å². The zero-order chi connectivity index (χ0) is 19.5. The average molecular weight is 370 g/mol. The van der Waals surface area contributed by atoms with E-state index in [-0.39, 0.29) is 17.4 Å². The lowest BCUT2D eigenvalue weighted by Gasteiger charge is -2.54. The van der Waals surface area contributed by atoms with Crippen LogP contribution >= 0.6 is 0 Å². The number of hydrogen-bond acceptors (Lipinski definition) is 3. The number of hydrogen-bond donors (Lipinski definition) is 1. The SMILES string of the molecule is C[C@@H]1[C@H]2Cc3cc(C#N)ccc3[C@]1(C)CCN2C(=O)c1ccc2nc[nH]c2c1. The molecule has 2 aromatic carbocycles. The minimum Gasteiger partial charge on any atom is -0.345 e. The number of nitrogens with zero attached hydrogens (tertiary/aromatic N) is 3. The van der Waals surface area contributed by atoms with Crippen LogP contribution in [0.1, 0.15) is 47.3 Å². The highest BCUT2D eigenvalue weighted by molar-refractivity contribution is 5.97. The van der Waals surface area contributed by atoms with Gasteiger partial charge in [0.15, 0.2) is 0 Å². The van der Waals surface area contributed by atoms with Crippen molar-refractivity contribution in [1.82, 2.24) is 14.9 Å². The number of nitriles is 1. The van der Waals surface area contributed by atoms with Gasteiger partial charge < -0.3 is 9.88 Å². The van der Waals surface area contributed by atoms with Crippen molar-refractivity contribution in [3.05, 3.63) is 65.0 Å². The van der Waals surface area contributed by atoms with E-state index in [0.717, 1.165) is 30.4 Å². The largest absolute Gasteiger partial charge is 0.345 e. The van der Waals surface area contributed by atoms with Crippen LogP contribution in [-0.4, -0.2) is 33.4 Å². The first-order chi connectivity index (χ1) is 13.5. The Hall–Kier alpha value is -3.13. The Bertz CT molecular complexity index is 1140. The third-order valence-corrected chi connectivity index (χ3v) is 7.06. The van der Waals surface area contributed by atoms with Gasteiger partial charge in [-0.3, -0.25) is 4.79 Å². The minimum atomic E-state index is 0.0380. The van der Waals surface area contributed by atoms with Crippen LogP contribution in [0.5, 0.6) is 0 Å². The molecular formula is C23H22N4O. The lowest BCUT2D eigenvalue weighted by atomic mass is 9.59. The van der Waals surface area contributed by atoms with Gasteiger partial charge in [-0.15, -0.1) is 0 Å². The highest BCUT2D eigenvalue weighted by Gasteiger charge is 2.49. The number of nitrogens with one attached hydrogen (secondary N) is 1. The predicted octanol–water partition coefficient (Wildman–Crippen LogP) is 3.80. The molecule has 5 heteroatoms. The topological polar surface area (TPSA) is 72.8 Å². The number of carbonyl (C=O) groups is 1. The van der Waals surface area contributed by atoms with Crippen LogP contribution < -0.4 is 0 Å². The minimum absolute atomic E-state index is 0.0380. The second kappa shape index (κ2) is 5.93. The van der Waals surface area contributed by atoms with E-state index in [1.165, 1.54) is 11.1 Å². The van der Waals surface area contributed by atoms with Crippen LogP contribution in [0.25, 0.3) is 11.0 Å². The molecule has 2 aliphatic rings. The molecule has 28 heavy (non-hydrogen) atoms. The van der Waals surface area contributed by atoms with E-state index in [9.17, 15) is 10.1 Å². The molecule has 5 rings (SSSR count). The lowest BCUT2D eigenvalue weighted by Crippen LogP contribution is -2.59. The summed E-state index contributed by atoms with van der Waals surface area (Å²) in [6.07, 6.45) is 3.39. The summed E-state index contributed by atoms with van der Waals surface area (Å²) >= 11 is 0. The lowest BCUT2D eigenvalue weighted by molar-refractivity contribution is 0.0251. The summed E-state index contributed by atoms with van der Waals surface area (Å²) in [6, 6.07) is 14.1. The Morgan fingerprint density at radius 3 is 3.00 bits per heavy atom. The standard InChI is InChI=1S/C23H22N4O/c1-14-21-11-17-9-15(12-24)3-5-18(17)23(14,2)7-8-27(21)22(28)16-4-6-19-20(10-16)26-13-25-19/h3-6,9-10,13-14,21H,7-8,11H2,1-2H3,(H,25,26)/t14-,21-,23-/m1/s1. The molecule has 1 saturated heterocycles. The van der Waals surface area contributed by atoms with E-state index < -0.39 is 0 Å². The van der Waals surface area contributed by atoms with Gasteiger partial charge in [0.25, 0.3) is 5.91 Å². The number of benzene rings is 2. The molecule has 3 atom stereocenters. The van der Waals surface area contributed by atoms with E-state index >= 15 is 0 Å². The molecule has 2 bridgehead atoms. The molecule has 1 fully saturated rings. The molecular weight excluding hydrogens is 348 g/mol. The first-order valence-corrected chi connectivity index (χ1v) is 9.79. The Balaban J connectivity index is 1.53. The number of carbonyl (C=O) groups excluding carboxylic acids is 1. The van der Waals surface area contributed by atoms with Gasteiger partial charge in [-0.1, -0.05) is 19.9 Å². The van der Waals surface area contributed by atoms with Crippen LogP contribution in [-0.2, 0) is 11.8 Å². The fourth-order valence-electron chi connectivity index (χ4n) is 5.21. The van der Waals surface area contributed by atoms with Gasteiger partial charge in [0.2, 0.25) is 0 Å². The first-order valence-electron chi connectivity index (χ1n) is 9.79. The van der Waals surface area contributed by atoms with Crippen LogP contribution in [0.15, 0.2) is 42.7 Å². The number of likely N-dealkylation sites (tertiary alicyclic amines) is 1. The van der Waals surface area contributed by atoms with Crippen molar-refractivity contribution in [3.63, 3.8) is 0 Å². The molecule has 0 unspecified atom stereocenters. The van der Waals surface area contributed by atoms with Gasteiger partial charge in [0.05, 0.1) is 29.0 Å². The summed E-state index contributed by atoms with van der Waals surface area (Å²) in [5.74, 6) is 0.441. The monoisotopic (exact) mass is 370 g/mol. The van der Waals surface area contributed by atoms with Crippen molar-refractivity contribution in [2.45, 2.75) is 38.1 Å². The maximum atomic E-state index is 13.4. The molecule has 0 spiro atoms. The number of H-pyrrole nitrogens is 1. The molecule has 1 amide bonds. The molecule has 2 heterocycles. The van der Waals surface area contributed by atoms with E-state index in [2.05, 4.69) is 36.0 Å². The van der Waals surface area contributed by atoms with E-state index in [4.69, 9.17) is 0 Å². The summed E-state index contributed by atoms with van der Waals surface area (Å²) in [5.41, 5.74) is 5.74. The Morgan fingerprint density at radius 2 is 2.18 bits per heavy atom. The number of piperidine rings is 1. The third kappa shape index (κ3) is 2.31. The van der Waals surface area contributed by atoms with Gasteiger partial charge in [-0.2, -0.15) is 5.26 Å². The van der Waals surface area contributed by atoms with Crippen molar-refractivity contribution >= 4 is 16.9 Å². The number of amides is 1. The third-order valence-electron chi connectivity index (χ3n) is 7.06. The molecule has 5 nitrogen and oxygen atoms in total. The zero-order valence-corrected chi connectivity index (χ0v) is 16.1. The second-order valence-electron chi connectivity index (χ2n) is 8.34. The van der Waals surface area contributed by atoms with Gasteiger partial charge in [-0.25, -0.2) is 4.98 Å². The summed E-state index contributed by atoms with van der Waals surface area (Å²) in [6.45, 7) is 5.33. The van der Waals surface area contributed by atoms with E-state index in [0.29, 0.717) is 17.0 Å². The second-order valence-corrected chi connectivity index (χ2v) is 8.34. The maximum absolute atomic E-state index is 13.4. The van der Waals surface area contributed by atoms with Crippen LogP contribution in [0.3, 0.4) is 0 Å². The normalized spacial score (nSPS) is 26.0. The molecule has 1 aromatic heterocycles. The summed E-state index contributed by atoms with van der Waals surface area (Å²) in [5, 5.41) is 9.29. The van der Waals surface area contributed by atoms with Crippen LogP contribution in [0.2, 0.25) is 0 Å². The number of fused-ring (bicyclic) bond motifs is 5. The predicted molar refractivity (Wildman–Crippen MR) is 107 cm³/mol. The molecule has 1 aliphatic carbocycles. The molecule has 3 aromatic rings. The van der Waals surface area contributed by atoms with Gasteiger partial charge in [-0.05, 0) is 65.6 Å². The molecule has 140 valence electrons. The molecule has 0 saturated carbocycles. The highest BCUT2D eigenvalue weighted by atomic mass is 16.2.